The van der Waals surface area contributed by atoms with Gasteiger partial charge >= 0.3 is 5.97 Å². The quantitative estimate of drug-likeness (QED) is 0.599. The molecule has 1 aromatic carbocycles. The first-order valence-corrected chi connectivity index (χ1v) is 7.79. The minimum absolute atomic E-state index is 0.104. The number of ether oxygens (including phenoxy) is 1. The summed E-state index contributed by atoms with van der Waals surface area (Å²) < 4.78 is 6.68. The van der Waals surface area contributed by atoms with Crippen molar-refractivity contribution in [2.75, 3.05) is 6.61 Å². The van der Waals surface area contributed by atoms with Crippen molar-refractivity contribution in [2.24, 2.45) is 7.05 Å². The fraction of sp³-hybridized carbons (Fsp3) is 0.333. The monoisotopic (exact) mass is 316 g/mol. The molecule has 7 heteroatoms. The van der Waals surface area contributed by atoms with Crippen molar-refractivity contribution in [3.63, 3.8) is 0 Å². The molecule has 1 aromatic heterocycles. The lowest BCUT2D eigenvalue weighted by molar-refractivity contribution is -0.142. The van der Waals surface area contributed by atoms with Gasteiger partial charge < -0.3 is 9.30 Å². The number of nitrogens with zero attached hydrogens (tertiary/aromatic N) is 4. The van der Waals surface area contributed by atoms with E-state index in [-0.39, 0.29) is 12.4 Å². The Bertz CT molecular complexity index is 706. The first kappa shape index (κ1) is 16.0. The molecule has 0 radical (unpaired) electrons. The maximum Gasteiger partial charge on any atom is 0.313 e. The SMILES string of the molecule is CCOC(=O)Cc1nnc(SCc2ccccc2C#N)n1C. The minimum Gasteiger partial charge on any atom is -0.466 e. The number of carbonyl (C=O) groups excluding carboxylic acids is 1. The van der Waals surface area contributed by atoms with E-state index in [0.29, 0.717) is 28.9 Å². The van der Waals surface area contributed by atoms with Gasteiger partial charge in [0.2, 0.25) is 0 Å². The van der Waals surface area contributed by atoms with E-state index in [4.69, 9.17) is 10.00 Å². The van der Waals surface area contributed by atoms with Gasteiger partial charge in [-0.05, 0) is 18.6 Å². The van der Waals surface area contributed by atoms with Crippen molar-refractivity contribution in [3.05, 3.63) is 41.2 Å². The lowest BCUT2D eigenvalue weighted by Crippen LogP contribution is -2.11. The summed E-state index contributed by atoms with van der Waals surface area (Å²) in [7, 11) is 1.81. The number of hydrogen-bond acceptors (Lipinski definition) is 6. The van der Waals surface area contributed by atoms with Crippen LogP contribution in [0.15, 0.2) is 29.4 Å². The van der Waals surface area contributed by atoms with E-state index in [2.05, 4.69) is 16.3 Å². The van der Waals surface area contributed by atoms with Gasteiger partial charge in [-0.2, -0.15) is 5.26 Å². The summed E-state index contributed by atoms with van der Waals surface area (Å²) in [5.74, 6) is 0.869. The van der Waals surface area contributed by atoms with Crippen molar-refractivity contribution in [1.29, 1.82) is 5.26 Å². The Kier molecular flexibility index (Phi) is 5.55. The number of aromatic nitrogens is 3. The normalized spacial score (nSPS) is 10.2. The van der Waals surface area contributed by atoms with Crippen molar-refractivity contribution in [1.82, 2.24) is 14.8 Å². The molecular weight excluding hydrogens is 300 g/mol. The molecule has 0 atom stereocenters. The molecule has 22 heavy (non-hydrogen) atoms. The van der Waals surface area contributed by atoms with Gasteiger partial charge in [-0.1, -0.05) is 30.0 Å². The average Bonchev–Trinajstić information content (AvgIpc) is 2.86. The smallest absolute Gasteiger partial charge is 0.313 e. The number of benzene rings is 1. The number of rotatable bonds is 6. The molecule has 0 amide bonds. The molecule has 0 fully saturated rings. The highest BCUT2D eigenvalue weighted by molar-refractivity contribution is 7.98. The van der Waals surface area contributed by atoms with Crippen LogP contribution in [-0.4, -0.2) is 27.3 Å². The van der Waals surface area contributed by atoms with Crippen LogP contribution in [0.25, 0.3) is 0 Å². The standard InChI is InChI=1S/C15H16N4O2S/c1-3-21-14(20)8-13-17-18-15(19(13)2)22-10-12-7-5-4-6-11(12)9-16/h4-7H,3,8,10H2,1-2H3. The lowest BCUT2D eigenvalue weighted by Gasteiger charge is -2.05. The van der Waals surface area contributed by atoms with E-state index in [1.807, 2.05) is 25.2 Å². The van der Waals surface area contributed by atoms with Gasteiger partial charge in [0.05, 0.1) is 18.2 Å². The Labute approximate surface area is 133 Å². The summed E-state index contributed by atoms with van der Waals surface area (Å²) in [5, 5.41) is 17.9. The number of carbonyl (C=O) groups is 1. The largest absolute Gasteiger partial charge is 0.466 e. The lowest BCUT2D eigenvalue weighted by atomic mass is 10.1. The number of thioether (sulfide) groups is 1. The predicted octanol–water partition coefficient (Wildman–Crippen LogP) is 2.08. The summed E-state index contributed by atoms with van der Waals surface area (Å²) in [6.45, 7) is 2.12. The highest BCUT2D eigenvalue weighted by Gasteiger charge is 2.14. The fourth-order valence-corrected chi connectivity index (χ4v) is 2.80. The second-order valence-electron chi connectivity index (χ2n) is 4.50. The Morgan fingerprint density at radius 1 is 1.41 bits per heavy atom. The number of nitriles is 1. The van der Waals surface area contributed by atoms with Gasteiger partial charge in [0.25, 0.3) is 0 Å². The summed E-state index contributed by atoms with van der Waals surface area (Å²) in [5.41, 5.74) is 1.61. The van der Waals surface area contributed by atoms with E-state index in [1.165, 1.54) is 11.8 Å². The van der Waals surface area contributed by atoms with Crippen LogP contribution in [-0.2, 0) is 28.8 Å². The molecule has 114 valence electrons. The first-order valence-electron chi connectivity index (χ1n) is 6.80. The first-order chi connectivity index (χ1) is 10.7. The van der Waals surface area contributed by atoms with Crippen molar-refractivity contribution in [3.8, 4) is 6.07 Å². The van der Waals surface area contributed by atoms with Gasteiger partial charge in [0.1, 0.15) is 12.2 Å². The summed E-state index contributed by atoms with van der Waals surface area (Å²) in [6, 6.07) is 9.63. The van der Waals surface area contributed by atoms with Crippen LogP contribution in [0.4, 0.5) is 0 Å². The molecule has 0 saturated heterocycles. The predicted molar refractivity (Wildman–Crippen MR) is 82.1 cm³/mol. The van der Waals surface area contributed by atoms with Gasteiger partial charge in [-0.3, -0.25) is 4.79 Å². The second-order valence-corrected chi connectivity index (χ2v) is 5.44. The molecule has 0 aliphatic carbocycles. The molecule has 0 saturated carbocycles. The average molecular weight is 316 g/mol. The third kappa shape index (κ3) is 3.86. The molecule has 0 aliphatic heterocycles. The molecule has 0 bridgehead atoms. The summed E-state index contributed by atoms with van der Waals surface area (Å²) in [4.78, 5) is 11.5. The third-order valence-electron chi connectivity index (χ3n) is 3.03. The van der Waals surface area contributed by atoms with Gasteiger partial charge in [0, 0.05) is 12.8 Å². The highest BCUT2D eigenvalue weighted by Crippen LogP contribution is 2.23. The van der Waals surface area contributed by atoms with E-state index < -0.39 is 0 Å². The molecule has 1 heterocycles. The number of hydrogen-bond donors (Lipinski definition) is 0. The molecule has 0 unspecified atom stereocenters. The maximum absolute atomic E-state index is 11.5. The van der Waals surface area contributed by atoms with Crippen LogP contribution in [0.5, 0.6) is 0 Å². The van der Waals surface area contributed by atoms with Crippen LogP contribution in [0.3, 0.4) is 0 Å². The minimum atomic E-state index is -0.315. The zero-order valence-corrected chi connectivity index (χ0v) is 13.3. The van der Waals surface area contributed by atoms with Gasteiger partial charge in [-0.25, -0.2) is 0 Å². The van der Waals surface area contributed by atoms with Crippen molar-refractivity contribution in [2.45, 2.75) is 24.3 Å². The van der Waals surface area contributed by atoms with Crippen LogP contribution in [0, 0.1) is 11.3 Å². The second kappa shape index (κ2) is 7.61. The molecule has 6 nitrogen and oxygen atoms in total. The van der Waals surface area contributed by atoms with Gasteiger partial charge in [-0.15, -0.1) is 10.2 Å². The molecule has 0 aliphatic rings. The molecule has 0 spiro atoms. The van der Waals surface area contributed by atoms with E-state index in [1.54, 1.807) is 17.6 Å². The van der Waals surface area contributed by atoms with E-state index in [9.17, 15) is 4.79 Å². The molecule has 0 N–H and O–H groups in total. The Hall–Kier alpha value is -2.33. The number of esters is 1. The van der Waals surface area contributed by atoms with Crippen LogP contribution < -0.4 is 0 Å². The van der Waals surface area contributed by atoms with Crippen molar-refractivity contribution < 1.29 is 9.53 Å². The zero-order valence-electron chi connectivity index (χ0n) is 12.4. The fourth-order valence-electron chi connectivity index (χ4n) is 1.86. The van der Waals surface area contributed by atoms with E-state index >= 15 is 0 Å². The molecule has 2 aromatic rings. The highest BCUT2D eigenvalue weighted by atomic mass is 32.2. The third-order valence-corrected chi connectivity index (χ3v) is 4.10. The van der Waals surface area contributed by atoms with Gasteiger partial charge in [0.15, 0.2) is 5.16 Å². The summed E-state index contributed by atoms with van der Waals surface area (Å²) in [6.07, 6.45) is 0.104. The summed E-state index contributed by atoms with van der Waals surface area (Å²) >= 11 is 1.48. The molecular formula is C15H16N4O2S. The van der Waals surface area contributed by atoms with E-state index in [0.717, 1.165) is 5.56 Å². The van der Waals surface area contributed by atoms with Crippen LogP contribution in [0.1, 0.15) is 23.9 Å². The topological polar surface area (TPSA) is 80.8 Å². The molecule has 2 rings (SSSR count). The Morgan fingerprint density at radius 3 is 2.91 bits per heavy atom. The van der Waals surface area contributed by atoms with Crippen LogP contribution in [0.2, 0.25) is 0 Å². The zero-order chi connectivity index (χ0) is 15.9. The Morgan fingerprint density at radius 2 is 2.18 bits per heavy atom. The Balaban J connectivity index is 2.04. The van der Waals surface area contributed by atoms with Crippen LogP contribution >= 0.6 is 11.8 Å². The van der Waals surface area contributed by atoms with Crippen molar-refractivity contribution >= 4 is 17.7 Å². The maximum atomic E-state index is 11.5.